The molecule has 0 atom stereocenters. The minimum Gasteiger partial charge on any atom is -0.516 e. The van der Waals surface area contributed by atoms with E-state index in [-0.39, 0.29) is 0 Å². The molecule has 0 fully saturated rings. The first-order valence-corrected chi connectivity index (χ1v) is 2.65. The van der Waals surface area contributed by atoms with Gasteiger partial charge in [0.2, 0.25) is 0 Å². The van der Waals surface area contributed by atoms with E-state index in [1.165, 1.54) is 6.08 Å². The van der Waals surface area contributed by atoms with Crippen LogP contribution in [0.2, 0.25) is 0 Å². The lowest BCUT2D eigenvalue weighted by molar-refractivity contribution is 0.478. The molecule has 0 aliphatic carbocycles. The van der Waals surface area contributed by atoms with E-state index < -0.39 is 0 Å². The van der Waals surface area contributed by atoms with Crippen molar-refractivity contribution in [2.45, 2.75) is 0 Å². The van der Waals surface area contributed by atoms with E-state index in [4.69, 9.17) is 5.11 Å². The van der Waals surface area contributed by atoms with E-state index in [0.29, 0.717) is 0 Å². The summed E-state index contributed by atoms with van der Waals surface area (Å²) in [7, 11) is 0. The van der Waals surface area contributed by atoms with Crippen LogP contribution in [0.3, 0.4) is 0 Å². The maximum absolute atomic E-state index is 8.30. The highest BCUT2D eigenvalue weighted by atomic mass is 16.2. The van der Waals surface area contributed by atoms with Gasteiger partial charge in [0.15, 0.2) is 0 Å². The lowest BCUT2D eigenvalue weighted by Crippen LogP contribution is -1.74. The van der Waals surface area contributed by atoms with Crippen LogP contribution in [0.1, 0.15) is 5.69 Å². The summed E-state index contributed by atoms with van der Waals surface area (Å²) in [5.74, 6) is 0. The van der Waals surface area contributed by atoms with Crippen LogP contribution < -0.4 is 0 Å². The molecule has 0 aliphatic heterocycles. The fourth-order valence-electron chi connectivity index (χ4n) is 0.551. The van der Waals surface area contributed by atoms with E-state index in [1.807, 2.05) is 18.2 Å². The largest absolute Gasteiger partial charge is 0.516 e. The Morgan fingerprint density at radius 2 is 2.33 bits per heavy atom. The molecular weight excluding hydrogens is 114 g/mol. The molecule has 1 N–H and O–H groups in total. The molecule has 0 spiro atoms. The quantitative estimate of drug-likeness (QED) is 0.572. The van der Waals surface area contributed by atoms with Crippen LogP contribution in [0.25, 0.3) is 6.08 Å². The summed E-state index contributed by atoms with van der Waals surface area (Å²) in [5.41, 5.74) is 0.764. The van der Waals surface area contributed by atoms with Crippen LogP contribution in [-0.2, 0) is 0 Å². The first-order chi connectivity index (χ1) is 4.43. The van der Waals surface area contributed by atoms with Crippen molar-refractivity contribution >= 4 is 6.08 Å². The molecule has 2 nitrogen and oxygen atoms in total. The molecule has 0 saturated heterocycles. The standard InChI is InChI=1S/C7H7NO/c9-6-4-7-3-1-2-5-8-7/h1-6,9H/b6-4+. The zero-order valence-corrected chi connectivity index (χ0v) is 4.86. The highest BCUT2D eigenvalue weighted by Gasteiger charge is 1.80. The number of aliphatic hydroxyl groups excluding tert-OH is 1. The predicted molar refractivity (Wildman–Crippen MR) is 35.9 cm³/mol. The van der Waals surface area contributed by atoms with Gasteiger partial charge < -0.3 is 5.11 Å². The van der Waals surface area contributed by atoms with E-state index in [0.717, 1.165) is 12.0 Å². The van der Waals surface area contributed by atoms with Gasteiger partial charge in [-0.1, -0.05) is 6.07 Å². The molecule has 0 saturated carbocycles. The van der Waals surface area contributed by atoms with Crippen molar-refractivity contribution in [1.29, 1.82) is 0 Å². The van der Waals surface area contributed by atoms with Crippen molar-refractivity contribution in [2.24, 2.45) is 0 Å². The van der Waals surface area contributed by atoms with Gasteiger partial charge in [0, 0.05) is 6.20 Å². The number of nitrogens with zero attached hydrogens (tertiary/aromatic N) is 1. The third-order valence-corrected chi connectivity index (χ3v) is 0.933. The van der Waals surface area contributed by atoms with E-state index >= 15 is 0 Å². The molecule has 1 heterocycles. The maximum atomic E-state index is 8.30. The van der Waals surface area contributed by atoms with Crippen molar-refractivity contribution < 1.29 is 5.11 Å². The van der Waals surface area contributed by atoms with Crippen molar-refractivity contribution in [3.63, 3.8) is 0 Å². The van der Waals surface area contributed by atoms with Gasteiger partial charge in [-0.2, -0.15) is 0 Å². The van der Waals surface area contributed by atoms with E-state index in [2.05, 4.69) is 4.98 Å². The summed E-state index contributed by atoms with van der Waals surface area (Å²) in [6.45, 7) is 0. The number of pyridine rings is 1. The number of hydrogen-bond acceptors (Lipinski definition) is 2. The summed E-state index contributed by atoms with van der Waals surface area (Å²) in [6.07, 6.45) is 4.18. The van der Waals surface area contributed by atoms with Crippen molar-refractivity contribution in [2.75, 3.05) is 0 Å². The van der Waals surface area contributed by atoms with Gasteiger partial charge >= 0.3 is 0 Å². The molecule has 0 amide bonds. The molecule has 46 valence electrons. The fraction of sp³-hybridized carbons (Fsp3) is 0. The minimum atomic E-state index is 0.764. The Morgan fingerprint density at radius 3 is 2.89 bits per heavy atom. The van der Waals surface area contributed by atoms with Crippen LogP contribution in [-0.4, -0.2) is 10.1 Å². The number of hydrogen-bond donors (Lipinski definition) is 1. The monoisotopic (exact) mass is 121 g/mol. The molecule has 1 rings (SSSR count). The number of rotatable bonds is 1. The van der Waals surface area contributed by atoms with Gasteiger partial charge in [-0.25, -0.2) is 0 Å². The maximum Gasteiger partial charge on any atom is 0.0813 e. The van der Waals surface area contributed by atoms with Gasteiger partial charge in [0.25, 0.3) is 0 Å². The smallest absolute Gasteiger partial charge is 0.0813 e. The molecule has 0 bridgehead atoms. The van der Waals surface area contributed by atoms with Crippen LogP contribution in [0, 0.1) is 0 Å². The van der Waals surface area contributed by atoms with Crippen molar-refractivity contribution in [3.05, 3.63) is 36.4 Å². The zero-order valence-electron chi connectivity index (χ0n) is 4.86. The second-order valence-corrected chi connectivity index (χ2v) is 1.57. The van der Waals surface area contributed by atoms with Crippen LogP contribution in [0.5, 0.6) is 0 Å². The Kier molecular flexibility index (Phi) is 1.85. The molecule has 0 aliphatic rings. The Balaban J connectivity index is 2.85. The summed E-state index contributed by atoms with van der Waals surface area (Å²) in [4.78, 5) is 3.92. The van der Waals surface area contributed by atoms with Gasteiger partial charge in [0.1, 0.15) is 0 Å². The Bertz CT molecular complexity index is 193. The number of aromatic nitrogens is 1. The van der Waals surface area contributed by atoms with E-state index in [1.54, 1.807) is 6.20 Å². The van der Waals surface area contributed by atoms with Crippen LogP contribution in [0.15, 0.2) is 30.7 Å². The van der Waals surface area contributed by atoms with Crippen LogP contribution in [0.4, 0.5) is 0 Å². The molecule has 0 unspecified atom stereocenters. The summed E-state index contributed by atoms with van der Waals surface area (Å²) < 4.78 is 0. The highest BCUT2D eigenvalue weighted by Crippen LogP contribution is 1.93. The second kappa shape index (κ2) is 2.87. The van der Waals surface area contributed by atoms with Crippen LogP contribution >= 0.6 is 0 Å². The molecule has 1 aromatic heterocycles. The second-order valence-electron chi connectivity index (χ2n) is 1.57. The Hall–Kier alpha value is -1.31. The summed E-state index contributed by atoms with van der Waals surface area (Å²) in [5, 5.41) is 8.30. The third-order valence-electron chi connectivity index (χ3n) is 0.933. The third kappa shape index (κ3) is 1.57. The molecule has 9 heavy (non-hydrogen) atoms. The topological polar surface area (TPSA) is 33.1 Å². The van der Waals surface area contributed by atoms with Crippen molar-refractivity contribution in [3.8, 4) is 0 Å². The van der Waals surface area contributed by atoms with Gasteiger partial charge in [0.05, 0.1) is 12.0 Å². The average molecular weight is 121 g/mol. The molecule has 0 radical (unpaired) electrons. The SMILES string of the molecule is O/C=C/c1ccccn1. The first kappa shape index (κ1) is 5.82. The minimum absolute atomic E-state index is 0.764. The predicted octanol–water partition coefficient (Wildman–Crippen LogP) is 1.61. The number of aliphatic hydroxyl groups is 1. The molecule has 2 heteroatoms. The molecular formula is C7H7NO. The lowest BCUT2D eigenvalue weighted by atomic mass is 10.3. The van der Waals surface area contributed by atoms with E-state index in [9.17, 15) is 0 Å². The van der Waals surface area contributed by atoms with Gasteiger partial charge in [-0.05, 0) is 18.2 Å². The summed E-state index contributed by atoms with van der Waals surface area (Å²) >= 11 is 0. The average Bonchev–Trinajstić information content (AvgIpc) is 1.91. The first-order valence-electron chi connectivity index (χ1n) is 2.65. The van der Waals surface area contributed by atoms with Gasteiger partial charge in [-0.3, -0.25) is 4.98 Å². The lowest BCUT2D eigenvalue weighted by Gasteiger charge is -1.85. The van der Waals surface area contributed by atoms with Gasteiger partial charge in [-0.15, -0.1) is 0 Å². The van der Waals surface area contributed by atoms with Crippen molar-refractivity contribution in [1.82, 2.24) is 4.98 Å². The Labute approximate surface area is 53.5 Å². The Morgan fingerprint density at radius 1 is 1.44 bits per heavy atom. The molecule has 0 aromatic carbocycles. The summed E-state index contributed by atoms with van der Waals surface area (Å²) in [6, 6.07) is 5.50. The highest BCUT2D eigenvalue weighted by molar-refractivity contribution is 5.41. The zero-order chi connectivity index (χ0) is 6.53. The fourth-order valence-corrected chi connectivity index (χ4v) is 0.551. The normalized spacial score (nSPS) is 10.2. The molecule has 1 aromatic rings.